The van der Waals surface area contributed by atoms with Crippen molar-refractivity contribution in [1.29, 1.82) is 0 Å². The van der Waals surface area contributed by atoms with Crippen molar-refractivity contribution < 1.29 is 22.4 Å². The zero-order chi connectivity index (χ0) is 13.1. The number of hydrogen-bond donors (Lipinski definition) is 0. The molecular formula is C12H12F4O. The molecule has 0 saturated heterocycles. The average molecular weight is 248 g/mol. The molecule has 0 N–H and O–H groups in total. The maximum Gasteiger partial charge on any atom is 0.389 e. The van der Waals surface area contributed by atoms with Gasteiger partial charge in [-0.25, -0.2) is 4.39 Å². The Morgan fingerprint density at radius 1 is 1.29 bits per heavy atom. The maximum atomic E-state index is 12.9. The first kappa shape index (κ1) is 13.7. The van der Waals surface area contributed by atoms with Crippen LogP contribution < -0.4 is 0 Å². The van der Waals surface area contributed by atoms with E-state index < -0.39 is 30.6 Å². The SMILES string of the molecule is Cc1ccc(F)cc1CC(=O)CCC(F)(F)F. The molecule has 0 radical (unpaired) electrons. The molecule has 0 aliphatic heterocycles. The minimum Gasteiger partial charge on any atom is -0.299 e. The van der Waals surface area contributed by atoms with Crippen LogP contribution in [0.15, 0.2) is 18.2 Å². The van der Waals surface area contributed by atoms with Crippen LogP contribution in [-0.4, -0.2) is 12.0 Å². The highest BCUT2D eigenvalue weighted by atomic mass is 19.4. The minimum absolute atomic E-state index is 0.153. The Kier molecular flexibility index (Phi) is 4.26. The third-order valence-electron chi connectivity index (χ3n) is 2.39. The highest BCUT2D eigenvalue weighted by Crippen LogP contribution is 2.22. The van der Waals surface area contributed by atoms with Gasteiger partial charge in [-0.1, -0.05) is 6.07 Å². The molecule has 5 heteroatoms. The Morgan fingerprint density at radius 3 is 2.53 bits per heavy atom. The molecule has 1 aromatic carbocycles. The molecule has 0 aromatic heterocycles. The van der Waals surface area contributed by atoms with E-state index in [1.165, 1.54) is 18.2 Å². The quantitative estimate of drug-likeness (QED) is 0.744. The minimum atomic E-state index is -4.33. The molecule has 0 saturated carbocycles. The molecule has 0 spiro atoms. The lowest BCUT2D eigenvalue weighted by molar-refractivity contribution is -0.143. The first-order valence-electron chi connectivity index (χ1n) is 5.11. The largest absolute Gasteiger partial charge is 0.389 e. The van der Waals surface area contributed by atoms with Gasteiger partial charge < -0.3 is 0 Å². The molecule has 0 fully saturated rings. The summed E-state index contributed by atoms with van der Waals surface area (Å²) in [5.74, 6) is -1.02. The first-order chi connectivity index (χ1) is 7.78. The number of benzene rings is 1. The van der Waals surface area contributed by atoms with Crippen molar-refractivity contribution in [3.8, 4) is 0 Å². The second kappa shape index (κ2) is 5.29. The molecule has 0 amide bonds. The van der Waals surface area contributed by atoms with E-state index in [0.29, 0.717) is 11.1 Å². The van der Waals surface area contributed by atoms with Crippen LogP contribution in [0.4, 0.5) is 17.6 Å². The lowest BCUT2D eigenvalue weighted by Crippen LogP contribution is -2.12. The Bertz CT molecular complexity index is 409. The van der Waals surface area contributed by atoms with Crippen molar-refractivity contribution in [1.82, 2.24) is 0 Å². The fourth-order valence-corrected chi connectivity index (χ4v) is 1.41. The summed E-state index contributed by atoms with van der Waals surface area (Å²) < 4.78 is 48.5. The van der Waals surface area contributed by atoms with Gasteiger partial charge in [0.05, 0.1) is 6.42 Å². The van der Waals surface area contributed by atoms with Gasteiger partial charge >= 0.3 is 6.18 Å². The van der Waals surface area contributed by atoms with Crippen LogP contribution in [0.25, 0.3) is 0 Å². The van der Waals surface area contributed by atoms with Crippen LogP contribution >= 0.6 is 0 Å². The van der Waals surface area contributed by atoms with Crippen molar-refractivity contribution in [2.75, 3.05) is 0 Å². The van der Waals surface area contributed by atoms with Crippen LogP contribution in [0.3, 0.4) is 0 Å². The Hall–Kier alpha value is -1.39. The molecule has 1 rings (SSSR count). The summed E-state index contributed by atoms with van der Waals surface area (Å²) in [6.07, 6.45) is -6.16. The second-order valence-electron chi connectivity index (χ2n) is 3.90. The van der Waals surface area contributed by atoms with E-state index in [0.717, 1.165) is 0 Å². The number of ketones is 1. The van der Waals surface area contributed by atoms with E-state index in [9.17, 15) is 22.4 Å². The van der Waals surface area contributed by atoms with E-state index in [1.54, 1.807) is 6.92 Å². The summed E-state index contributed by atoms with van der Waals surface area (Å²) in [5, 5.41) is 0. The standard InChI is InChI=1S/C12H12F4O/c1-8-2-3-10(13)6-9(8)7-11(17)4-5-12(14,15)16/h2-3,6H,4-5,7H2,1H3. The number of carbonyl (C=O) groups is 1. The molecule has 0 unspecified atom stereocenters. The molecule has 1 nitrogen and oxygen atoms in total. The Balaban J connectivity index is 2.59. The van der Waals surface area contributed by atoms with Gasteiger partial charge in [0.15, 0.2) is 0 Å². The van der Waals surface area contributed by atoms with Gasteiger partial charge in [0.1, 0.15) is 11.6 Å². The predicted molar refractivity (Wildman–Crippen MR) is 55.1 cm³/mol. The maximum absolute atomic E-state index is 12.9. The van der Waals surface area contributed by atoms with Crippen molar-refractivity contribution in [2.24, 2.45) is 0 Å². The van der Waals surface area contributed by atoms with Gasteiger partial charge in [-0.2, -0.15) is 13.2 Å². The lowest BCUT2D eigenvalue weighted by Gasteiger charge is -2.07. The van der Waals surface area contributed by atoms with Crippen LogP contribution in [0.5, 0.6) is 0 Å². The van der Waals surface area contributed by atoms with E-state index >= 15 is 0 Å². The number of alkyl halides is 3. The summed E-state index contributed by atoms with van der Waals surface area (Å²) in [7, 11) is 0. The highest BCUT2D eigenvalue weighted by molar-refractivity contribution is 5.81. The fourth-order valence-electron chi connectivity index (χ4n) is 1.41. The summed E-state index contributed by atoms with van der Waals surface area (Å²) in [4.78, 5) is 11.3. The van der Waals surface area contributed by atoms with Crippen LogP contribution in [0, 0.1) is 12.7 Å². The number of carbonyl (C=O) groups excluding carboxylic acids is 1. The lowest BCUT2D eigenvalue weighted by atomic mass is 10.0. The van der Waals surface area contributed by atoms with E-state index in [-0.39, 0.29) is 6.42 Å². The summed E-state index contributed by atoms with van der Waals surface area (Å²) in [6, 6.07) is 3.93. The molecular weight excluding hydrogens is 236 g/mol. The molecule has 0 atom stereocenters. The van der Waals surface area contributed by atoms with Crippen LogP contribution in [-0.2, 0) is 11.2 Å². The summed E-state index contributed by atoms with van der Waals surface area (Å²) >= 11 is 0. The van der Waals surface area contributed by atoms with Gasteiger partial charge in [-0.3, -0.25) is 4.79 Å². The third kappa shape index (κ3) is 4.97. The topological polar surface area (TPSA) is 17.1 Å². The zero-order valence-electron chi connectivity index (χ0n) is 9.27. The Morgan fingerprint density at radius 2 is 1.94 bits per heavy atom. The van der Waals surface area contributed by atoms with Gasteiger partial charge in [0.25, 0.3) is 0 Å². The smallest absolute Gasteiger partial charge is 0.299 e. The summed E-state index contributed by atoms with van der Waals surface area (Å²) in [5.41, 5.74) is 1.14. The first-order valence-corrected chi connectivity index (χ1v) is 5.11. The van der Waals surface area contributed by atoms with Crippen molar-refractivity contribution in [2.45, 2.75) is 32.4 Å². The predicted octanol–water partition coefficient (Wildman–Crippen LogP) is 3.59. The van der Waals surface area contributed by atoms with Gasteiger partial charge in [-0.15, -0.1) is 0 Å². The molecule has 1 aromatic rings. The normalized spacial score (nSPS) is 11.6. The molecule has 0 bridgehead atoms. The Labute approximate surface area is 96.4 Å². The van der Waals surface area contributed by atoms with Gasteiger partial charge in [-0.05, 0) is 30.2 Å². The second-order valence-corrected chi connectivity index (χ2v) is 3.90. The van der Waals surface area contributed by atoms with Crippen molar-refractivity contribution in [3.63, 3.8) is 0 Å². The number of halogens is 4. The molecule has 0 aliphatic carbocycles. The van der Waals surface area contributed by atoms with Crippen LogP contribution in [0.2, 0.25) is 0 Å². The van der Waals surface area contributed by atoms with Crippen LogP contribution in [0.1, 0.15) is 24.0 Å². The zero-order valence-corrected chi connectivity index (χ0v) is 9.27. The fraction of sp³-hybridized carbons (Fsp3) is 0.417. The van der Waals surface area contributed by atoms with Gasteiger partial charge in [0.2, 0.25) is 0 Å². The summed E-state index contributed by atoms with van der Waals surface area (Å²) in [6.45, 7) is 1.69. The van der Waals surface area contributed by atoms with Crippen molar-refractivity contribution in [3.05, 3.63) is 35.1 Å². The highest BCUT2D eigenvalue weighted by Gasteiger charge is 2.27. The monoisotopic (exact) mass is 248 g/mol. The molecule has 94 valence electrons. The average Bonchev–Trinajstić information content (AvgIpc) is 2.20. The van der Waals surface area contributed by atoms with E-state index in [4.69, 9.17) is 0 Å². The molecule has 0 heterocycles. The van der Waals surface area contributed by atoms with E-state index in [1.807, 2.05) is 0 Å². The number of Topliss-reactive ketones (excluding diaryl/α,β-unsaturated/α-hetero) is 1. The molecule has 17 heavy (non-hydrogen) atoms. The van der Waals surface area contributed by atoms with Crippen molar-refractivity contribution >= 4 is 5.78 Å². The third-order valence-corrected chi connectivity index (χ3v) is 2.39. The number of hydrogen-bond acceptors (Lipinski definition) is 1. The molecule has 0 aliphatic rings. The van der Waals surface area contributed by atoms with Gasteiger partial charge in [0, 0.05) is 12.8 Å². The van der Waals surface area contributed by atoms with E-state index in [2.05, 4.69) is 0 Å². The number of aryl methyl sites for hydroxylation is 1. The number of rotatable bonds is 4.